The molecule has 0 aliphatic heterocycles. The van der Waals surface area contributed by atoms with Gasteiger partial charge in [-0.3, -0.25) is 4.79 Å². The molecule has 0 radical (unpaired) electrons. The summed E-state index contributed by atoms with van der Waals surface area (Å²) in [4.78, 5) is 12.5. The molecule has 106 valence electrons. The third kappa shape index (κ3) is 3.25. The summed E-state index contributed by atoms with van der Waals surface area (Å²) in [6, 6.07) is 9.42. The molecule has 1 aromatic carbocycles. The summed E-state index contributed by atoms with van der Waals surface area (Å²) in [5, 5.41) is 13.1. The molecule has 2 N–H and O–H groups in total. The number of benzene rings is 1. The van der Waals surface area contributed by atoms with E-state index < -0.39 is 0 Å². The van der Waals surface area contributed by atoms with Gasteiger partial charge in [-0.2, -0.15) is 0 Å². The fraction of sp³-hybridized carbons (Fsp3) is 0.375. The normalized spacial score (nSPS) is 19.4. The topological polar surface area (TPSA) is 49.3 Å². The molecule has 20 heavy (non-hydrogen) atoms. The van der Waals surface area contributed by atoms with Crippen molar-refractivity contribution in [3.8, 4) is 0 Å². The van der Waals surface area contributed by atoms with Crippen LogP contribution in [0.5, 0.6) is 0 Å². The van der Waals surface area contributed by atoms with Gasteiger partial charge in [0, 0.05) is 18.5 Å². The highest BCUT2D eigenvalue weighted by Gasteiger charge is 2.31. The number of Topliss-reactive ketones (excluding diaryl/α,β-unsaturated/α-hetero) is 1. The van der Waals surface area contributed by atoms with Crippen molar-refractivity contribution in [2.24, 2.45) is 11.8 Å². The summed E-state index contributed by atoms with van der Waals surface area (Å²) >= 11 is 5.26. The molecule has 0 fully saturated rings. The second-order valence-electron chi connectivity index (χ2n) is 5.48. The largest absolute Gasteiger partial charge is 0.511 e. The van der Waals surface area contributed by atoms with Gasteiger partial charge in [-0.1, -0.05) is 44.3 Å². The van der Waals surface area contributed by atoms with Gasteiger partial charge in [0.05, 0.1) is 5.57 Å². The molecule has 3 nitrogen and oxygen atoms in total. The van der Waals surface area contributed by atoms with Crippen LogP contribution in [0.3, 0.4) is 0 Å². The highest BCUT2D eigenvalue weighted by atomic mass is 32.1. The number of hydrogen-bond acceptors (Lipinski definition) is 3. The lowest BCUT2D eigenvalue weighted by molar-refractivity contribution is -0.117. The minimum atomic E-state index is -0.0686. The average molecular weight is 289 g/mol. The summed E-state index contributed by atoms with van der Waals surface area (Å²) in [5.74, 6) is 0.623. The van der Waals surface area contributed by atoms with Crippen LogP contribution in [-0.2, 0) is 4.79 Å². The van der Waals surface area contributed by atoms with Crippen molar-refractivity contribution in [2.45, 2.75) is 26.7 Å². The van der Waals surface area contributed by atoms with Gasteiger partial charge in [-0.15, -0.1) is 0 Å². The molecule has 0 heterocycles. The van der Waals surface area contributed by atoms with Crippen LogP contribution < -0.4 is 5.32 Å². The van der Waals surface area contributed by atoms with Crippen molar-refractivity contribution in [3.05, 3.63) is 41.7 Å². The van der Waals surface area contributed by atoms with Crippen LogP contribution in [0.2, 0.25) is 0 Å². The molecular formula is C16H19NO2S. The number of ketones is 1. The maximum absolute atomic E-state index is 12.2. The number of carbonyl (C=O) groups is 1. The Labute approximate surface area is 124 Å². The SMILES string of the molecule is CC(C)[C@@H]1CC(=O)C(C(=S)Nc2ccccc2)=C(O)C1. The van der Waals surface area contributed by atoms with Crippen LogP contribution in [0.4, 0.5) is 5.69 Å². The number of para-hydroxylation sites is 1. The van der Waals surface area contributed by atoms with E-state index in [4.69, 9.17) is 12.2 Å². The summed E-state index contributed by atoms with van der Waals surface area (Å²) in [5.41, 5.74) is 1.09. The van der Waals surface area contributed by atoms with Crippen LogP contribution >= 0.6 is 12.2 Å². The van der Waals surface area contributed by atoms with Gasteiger partial charge < -0.3 is 10.4 Å². The molecule has 0 saturated heterocycles. The lowest BCUT2D eigenvalue weighted by Gasteiger charge is -2.26. The predicted octanol–water partition coefficient (Wildman–Crippen LogP) is 3.87. The van der Waals surface area contributed by atoms with Gasteiger partial charge in [-0.25, -0.2) is 0 Å². The maximum Gasteiger partial charge on any atom is 0.169 e. The lowest BCUT2D eigenvalue weighted by atomic mass is 9.80. The summed E-state index contributed by atoms with van der Waals surface area (Å²) in [6.07, 6.45) is 0.975. The van der Waals surface area contributed by atoms with Crippen LogP contribution in [0, 0.1) is 11.8 Å². The molecule has 1 atom stereocenters. The first-order valence-electron chi connectivity index (χ1n) is 6.80. The minimum absolute atomic E-state index is 0.0686. The molecular weight excluding hydrogens is 270 g/mol. The quantitative estimate of drug-likeness (QED) is 0.829. The van der Waals surface area contributed by atoms with E-state index in [1.54, 1.807) is 0 Å². The van der Waals surface area contributed by atoms with Crippen molar-refractivity contribution >= 4 is 28.7 Å². The maximum atomic E-state index is 12.2. The number of hydrogen-bond donors (Lipinski definition) is 2. The molecule has 1 aliphatic rings. The number of anilines is 1. The third-order valence-corrected chi connectivity index (χ3v) is 3.98. The van der Waals surface area contributed by atoms with Crippen molar-refractivity contribution in [1.29, 1.82) is 0 Å². The van der Waals surface area contributed by atoms with E-state index in [0.29, 0.717) is 23.7 Å². The third-order valence-electron chi connectivity index (χ3n) is 3.67. The average Bonchev–Trinajstić information content (AvgIpc) is 2.38. The lowest BCUT2D eigenvalue weighted by Crippen LogP contribution is -2.29. The molecule has 1 aromatic rings. The summed E-state index contributed by atoms with van der Waals surface area (Å²) < 4.78 is 0. The zero-order chi connectivity index (χ0) is 14.7. The number of aliphatic hydroxyl groups excluding tert-OH is 1. The fourth-order valence-electron chi connectivity index (χ4n) is 2.37. The van der Waals surface area contributed by atoms with Gasteiger partial charge in [-0.05, 0) is 24.0 Å². The van der Waals surface area contributed by atoms with Crippen molar-refractivity contribution < 1.29 is 9.90 Å². The van der Waals surface area contributed by atoms with Gasteiger partial charge in [0.2, 0.25) is 0 Å². The van der Waals surface area contributed by atoms with Crippen molar-refractivity contribution in [3.63, 3.8) is 0 Å². The Bertz CT molecular complexity index is 549. The second kappa shape index (κ2) is 6.18. The Kier molecular flexibility index (Phi) is 4.55. The first-order chi connectivity index (χ1) is 9.49. The molecule has 4 heteroatoms. The summed E-state index contributed by atoms with van der Waals surface area (Å²) in [7, 11) is 0. The van der Waals surface area contributed by atoms with E-state index in [1.165, 1.54) is 0 Å². The first kappa shape index (κ1) is 14.7. The highest BCUT2D eigenvalue weighted by Crippen LogP contribution is 2.31. The number of rotatable bonds is 3. The Hall–Kier alpha value is -1.68. The Balaban J connectivity index is 2.17. The zero-order valence-electron chi connectivity index (χ0n) is 11.7. The van der Waals surface area contributed by atoms with Gasteiger partial charge in [0.15, 0.2) is 5.78 Å². The van der Waals surface area contributed by atoms with Gasteiger partial charge in [0.25, 0.3) is 0 Å². The molecule has 0 aromatic heterocycles. The number of aliphatic hydroxyl groups is 1. The highest BCUT2D eigenvalue weighted by molar-refractivity contribution is 7.81. The smallest absolute Gasteiger partial charge is 0.169 e. The molecule has 0 bridgehead atoms. The van der Waals surface area contributed by atoms with Crippen LogP contribution in [0.25, 0.3) is 0 Å². The van der Waals surface area contributed by atoms with Crippen molar-refractivity contribution in [1.82, 2.24) is 0 Å². The molecule has 0 saturated carbocycles. The number of nitrogens with one attached hydrogen (secondary N) is 1. The van der Waals surface area contributed by atoms with Crippen LogP contribution in [0.1, 0.15) is 26.7 Å². The van der Waals surface area contributed by atoms with E-state index in [9.17, 15) is 9.90 Å². The van der Waals surface area contributed by atoms with E-state index >= 15 is 0 Å². The number of thiocarbonyl (C=S) groups is 1. The first-order valence-corrected chi connectivity index (χ1v) is 7.21. The monoisotopic (exact) mass is 289 g/mol. The van der Waals surface area contributed by atoms with Crippen molar-refractivity contribution in [2.75, 3.05) is 5.32 Å². The van der Waals surface area contributed by atoms with E-state index in [2.05, 4.69) is 19.2 Å². The van der Waals surface area contributed by atoms with E-state index in [-0.39, 0.29) is 23.0 Å². The summed E-state index contributed by atoms with van der Waals surface area (Å²) in [6.45, 7) is 4.13. The Morgan fingerprint density at radius 1 is 1.30 bits per heavy atom. The van der Waals surface area contributed by atoms with Crippen LogP contribution in [-0.4, -0.2) is 15.9 Å². The van der Waals surface area contributed by atoms with Crippen LogP contribution in [0.15, 0.2) is 41.7 Å². The fourth-order valence-corrected chi connectivity index (χ4v) is 2.72. The van der Waals surface area contributed by atoms with E-state index in [1.807, 2.05) is 30.3 Å². The molecule has 1 aliphatic carbocycles. The number of carbonyl (C=O) groups excluding carboxylic acids is 1. The van der Waals surface area contributed by atoms with E-state index in [0.717, 1.165) is 5.69 Å². The number of allylic oxidation sites excluding steroid dienone is 1. The molecule has 0 amide bonds. The zero-order valence-corrected chi connectivity index (χ0v) is 12.5. The predicted molar refractivity (Wildman–Crippen MR) is 84.9 cm³/mol. The standard InChI is InChI=1S/C16H19NO2S/c1-10(2)11-8-13(18)15(14(19)9-11)16(20)17-12-6-4-3-5-7-12/h3-7,10-11,18H,8-9H2,1-2H3,(H,17,20)/t11-/m0/s1. The minimum Gasteiger partial charge on any atom is -0.511 e. The Morgan fingerprint density at radius 3 is 2.50 bits per heavy atom. The molecule has 2 rings (SSSR count). The van der Waals surface area contributed by atoms with Gasteiger partial charge >= 0.3 is 0 Å². The Morgan fingerprint density at radius 2 is 1.95 bits per heavy atom. The van der Waals surface area contributed by atoms with Gasteiger partial charge in [0.1, 0.15) is 10.7 Å². The second-order valence-corrected chi connectivity index (χ2v) is 5.89. The molecule has 0 spiro atoms. The molecule has 0 unspecified atom stereocenters.